The van der Waals surface area contributed by atoms with E-state index in [0.717, 1.165) is 11.5 Å². The molecule has 0 heterocycles. The minimum Gasteiger partial charge on any atom is -0.436 e. The highest BCUT2D eigenvalue weighted by Gasteiger charge is 2.21. The molecule has 0 fully saturated rings. The molecular formula is C15H17O2PS2. The molecule has 5 heteroatoms. The molecule has 0 spiro atoms. The maximum Gasteiger partial charge on any atom is 0.297 e. The van der Waals surface area contributed by atoms with Gasteiger partial charge in [-0.3, -0.25) is 0 Å². The second kappa shape index (κ2) is 7.84. The average molecular weight is 324 g/mol. The Bertz CT molecular complexity index is 561. The van der Waals surface area contributed by atoms with Crippen LogP contribution in [0, 0.1) is 0 Å². The van der Waals surface area contributed by atoms with E-state index in [1.54, 1.807) is 11.4 Å². The van der Waals surface area contributed by atoms with Crippen LogP contribution in [0.2, 0.25) is 0 Å². The van der Waals surface area contributed by atoms with Crippen molar-refractivity contribution >= 4 is 28.9 Å². The predicted molar refractivity (Wildman–Crippen MR) is 90.7 cm³/mol. The predicted octanol–water partition coefficient (Wildman–Crippen LogP) is 5.26. The van der Waals surface area contributed by atoms with Crippen LogP contribution >= 0.6 is 17.1 Å². The van der Waals surface area contributed by atoms with Crippen molar-refractivity contribution in [2.45, 2.75) is 12.7 Å². The lowest BCUT2D eigenvalue weighted by molar-refractivity contribution is 0.344. The van der Waals surface area contributed by atoms with E-state index in [2.05, 4.69) is 12.1 Å². The molecule has 0 bridgehead atoms. The molecule has 0 aliphatic heterocycles. The average Bonchev–Trinajstić information content (AvgIpc) is 2.48. The van der Waals surface area contributed by atoms with Gasteiger partial charge in [0.25, 0.3) is 5.69 Å². The van der Waals surface area contributed by atoms with Gasteiger partial charge in [-0.25, -0.2) is 0 Å². The van der Waals surface area contributed by atoms with E-state index in [1.165, 1.54) is 5.56 Å². The monoisotopic (exact) mass is 324 g/mol. The summed E-state index contributed by atoms with van der Waals surface area (Å²) < 4.78 is 11.7. The Kier molecular flexibility index (Phi) is 6.11. The van der Waals surface area contributed by atoms with Gasteiger partial charge in [0, 0.05) is 5.75 Å². The van der Waals surface area contributed by atoms with Gasteiger partial charge in [-0.1, -0.05) is 59.9 Å². The summed E-state index contributed by atoms with van der Waals surface area (Å²) in [6.07, 6.45) is 0. The Morgan fingerprint density at radius 3 is 2.20 bits per heavy atom. The van der Waals surface area contributed by atoms with Crippen LogP contribution in [0.1, 0.15) is 12.5 Å². The normalized spacial score (nSPS) is 13.7. The fraction of sp³-hybridized carbons (Fsp3) is 0.200. The largest absolute Gasteiger partial charge is 0.436 e. The van der Waals surface area contributed by atoms with E-state index in [9.17, 15) is 0 Å². The minimum absolute atomic E-state index is 0.561. The maximum atomic E-state index is 5.93. The molecule has 0 radical (unpaired) electrons. The van der Waals surface area contributed by atoms with E-state index in [4.69, 9.17) is 20.9 Å². The SMILES string of the molecule is CCOP(=S)(Oc1ccccc1)SCc1ccccc1. The third-order valence-electron chi connectivity index (χ3n) is 2.48. The van der Waals surface area contributed by atoms with Gasteiger partial charge in [0.05, 0.1) is 6.61 Å². The lowest BCUT2D eigenvalue weighted by Gasteiger charge is -2.21. The molecule has 20 heavy (non-hydrogen) atoms. The summed E-state index contributed by atoms with van der Waals surface area (Å²) >= 11 is 7.19. The van der Waals surface area contributed by atoms with Crippen LogP contribution < -0.4 is 4.52 Å². The van der Waals surface area contributed by atoms with Gasteiger partial charge in [0.2, 0.25) is 0 Å². The third-order valence-corrected chi connectivity index (χ3v) is 7.63. The second-order valence-electron chi connectivity index (χ2n) is 4.03. The smallest absolute Gasteiger partial charge is 0.297 e. The van der Waals surface area contributed by atoms with E-state index >= 15 is 0 Å². The highest BCUT2D eigenvalue weighted by atomic mass is 32.9. The summed E-state index contributed by atoms with van der Waals surface area (Å²) in [4.78, 5) is 0. The van der Waals surface area contributed by atoms with Gasteiger partial charge < -0.3 is 9.05 Å². The number of para-hydroxylation sites is 1. The lowest BCUT2D eigenvalue weighted by Crippen LogP contribution is -1.95. The molecule has 0 aliphatic carbocycles. The van der Waals surface area contributed by atoms with Crippen LogP contribution in [0.5, 0.6) is 5.75 Å². The molecule has 0 aromatic heterocycles. The first-order valence-corrected chi connectivity index (χ1v) is 10.6. The standard InChI is InChI=1S/C15H17O2PS2/c1-2-16-18(19,17-15-11-7-4-8-12-15)20-13-14-9-5-3-6-10-14/h3-12H,2,13H2,1H3. The zero-order chi connectivity index (χ0) is 14.3. The number of hydrogen-bond donors (Lipinski definition) is 0. The Balaban J connectivity index is 2.03. The Hall–Kier alpha value is -0.800. The van der Waals surface area contributed by atoms with Crippen molar-refractivity contribution in [1.82, 2.24) is 0 Å². The summed E-state index contributed by atoms with van der Waals surface area (Å²) in [6.45, 7) is 2.50. The number of hydrogen-bond acceptors (Lipinski definition) is 4. The minimum atomic E-state index is -2.36. The van der Waals surface area contributed by atoms with Crippen LogP contribution in [0.3, 0.4) is 0 Å². The molecule has 0 aliphatic rings. The van der Waals surface area contributed by atoms with Crippen molar-refractivity contribution in [3.8, 4) is 5.75 Å². The van der Waals surface area contributed by atoms with Crippen molar-refractivity contribution in [2.75, 3.05) is 6.61 Å². The van der Waals surface area contributed by atoms with Gasteiger partial charge in [-0.05, 0) is 36.4 Å². The van der Waals surface area contributed by atoms with E-state index in [1.807, 2.05) is 55.5 Å². The highest BCUT2D eigenvalue weighted by molar-refractivity contribution is 8.67. The topological polar surface area (TPSA) is 18.5 Å². The Morgan fingerprint density at radius 1 is 1.00 bits per heavy atom. The third kappa shape index (κ3) is 4.95. The van der Waals surface area contributed by atoms with Crippen LogP contribution in [0.25, 0.3) is 0 Å². The Labute approximate surface area is 129 Å². The van der Waals surface area contributed by atoms with Crippen LogP contribution in [0.4, 0.5) is 0 Å². The lowest BCUT2D eigenvalue weighted by atomic mass is 10.2. The van der Waals surface area contributed by atoms with E-state index in [-0.39, 0.29) is 0 Å². The molecule has 2 rings (SSSR count). The fourth-order valence-corrected chi connectivity index (χ4v) is 5.89. The first-order chi connectivity index (χ1) is 9.72. The molecule has 0 saturated heterocycles. The van der Waals surface area contributed by atoms with Gasteiger partial charge in [0.15, 0.2) is 0 Å². The molecule has 2 aromatic carbocycles. The van der Waals surface area contributed by atoms with Gasteiger partial charge >= 0.3 is 0 Å². The molecule has 2 nitrogen and oxygen atoms in total. The molecule has 0 N–H and O–H groups in total. The fourth-order valence-electron chi connectivity index (χ4n) is 1.59. The molecule has 2 aromatic rings. The van der Waals surface area contributed by atoms with Crippen molar-refractivity contribution in [1.29, 1.82) is 0 Å². The van der Waals surface area contributed by atoms with E-state index in [0.29, 0.717) is 6.61 Å². The molecular weight excluding hydrogens is 307 g/mol. The molecule has 1 atom stereocenters. The summed E-state index contributed by atoms with van der Waals surface area (Å²) in [7, 11) is 0. The summed E-state index contributed by atoms with van der Waals surface area (Å²) in [5, 5.41) is 0. The van der Waals surface area contributed by atoms with Crippen molar-refractivity contribution in [2.24, 2.45) is 0 Å². The summed E-state index contributed by atoms with van der Waals surface area (Å²) in [6, 6.07) is 19.9. The first kappa shape index (κ1) is 15.6. The second-order valence-corrected chi connectivity index (χ2v) is 10.3. The van der Waals surface area contributed by atoms with Crippen LogP contribution in [0.15, 0.2) is 60.7 Å². The van der Waals surface area contributed by atoms with Crippen LogP contribution in [-0.2, 0) is 22.1 Å². The summed E-state index contributed by atoms with van der Waals surface area (Å²) in [5.41, 5.74) is -1.13. The zero-order valence-electron chi connectivity index (χ0n) is 11.3. The van der Waals surface area contributed by atoms with Gasteiger partial charge in [-0.15, -0.1) is 0 Å². The molecule has 0 amide bonds. The quantitative estimate of drug-likeness (QED) is 0.646. The van der Waals surface area contributed by atoms with Crippen molar-refractivity contribution < 1.29 is 9.05 Å². The highest BCUT2D eigenvalue weighted by Crippen LogP contribution is 2.61. The molecule has 0 saturated carbocycles. The van der Waals surface area contributed by atoms with Crippen molar-refractivity contribution in [3.63, 3.8) is 0 Å². The number of rotatable bonds is 7. The van der Waals surface area contributed by atoms with E-state index < -0.39 is 5.69 Å². The van der Waals surface area contributed by atoms with Crippen LogP contribution in [-0.4, -0.2) is 6.61 Å². The Morgan fingerprint density at radius 2 is 1.60 bits per heavy atom. The molecule has 1 unspecified atom stereocenters. The number of benzene rings is 2. The molecule has 106 valence electrons. The summed E-state index contributed by atoms with van der Waals surface area (Å²) in [5.74, 6) is 1.56. The van der Waals surface area contributed by atoms with Gasteiger partial charge in [0.1, 0.15) is 5.75 Å². The van der Waals surface area contributed by atoms with Gasteiger partial charge in [-0.2, -0.15) is 0 Å². The first-order valence-electron chi connectivity index (χ1n) is 6.39. The maximum absolute atomic E-state index is 5.93. The zero-order valence-corrected chi connectivity index (χ0v) is 13.8. The van der Waals surface area contributed by atoms with Crippen molar-refractivity contribution in [3.05, 3.63) is 66.2 Å².